The average molecular weight is 590 g/mol. The first kappa shape index (κ1) is 27.5. The van der Waals surface area contributed by atoms with Crippen molar-refractivity contribution in [2.45, 2.75) is 39.8 Å². The van der Waals surface area contributed by atoms with Crippen molar-refractivity contribution in [1.82, 2.24) is 20.2 Å². The first-order chi connectivity index (χ1) is 20.9. The Hall–Kier alpha value is -4.36. The van der Waals surface area contributed by atoms with Crippen molar-refractivity contribution in [2.75, 3.05) is 19.6 Å². The monoisotopic (exact) mass is 589 g/mol. The Kier molecular flexibility index (Phi) is 7.06. The molecule has 2 N–H and O–H groups in total. The first-order valence-electron chi connectivity index (χ1n) is 14.6. The van der Waals surface area contributed by atoms with Crippen LogP contribution in [0.5, 0.6) is 0 Å². The molecule has 0 aliphatic carbocycles. The molecule has 0 saturated carbocycles. The normalized spacial score (nSPS) is 16.8. The third-order valence-electron chi connectivity index (χ3n) is 8.72. The Bertz CT molecular complexity index is 1910. The molecule has 8 nitrogen and oxygen atoms in total. The highest BCUT2D eigenvalue weighted by molar-refractivity contribution is 7.15. The molecule has 216 valence electrons. The Morgan fingerprint density at radius 2 is 1.86 bits per heavy atom. The van der Waals surface area contributed by atoms with Crippen LogP contribution in [-0.2, 0) is 24.3 Å². The summed E-state index contributed by atoms with van der Waals surface area (Å²) in [6, 6.07) is 18.6. The third kappa shape index (κ3) is 5.01. The van der Waals surface area contributed by atoms with Crippen LogP contribution in [0.1, 0.15) is 39.2 Å². The SMILES string of the molecule is Cc1c(-c2nc3cc(CN4CC[C@H](C(=O)O)C4)cc(C#N)c3o2)cccc1-c1cccc(-c2nc3c(s2)CNCC3)c1C. The second-order valence-electron chi connectivity index (χ2n) is 11.5. The van der Waals surface area contributed by atoms with Crippen molar-refractivity contribution in [2.24, 2.45) is 5.92 Å². The summed E-state index contributed by atoms with van der Waals surface area (Å²) in [4.78, 5) is 24.7. The second-order valence-corrected chi connectivity index (χ2v) is 12.5. The molecule has 1 saturated heterocycles. The van der Waals surface area contributed by atoms with Crippen molar-refractivity contribution >= 4 is 28.4 Å². The maximum Gasteiger partial charge on any atom is 0.307 e. The summed E-state index contributed by atoms with van der Waals surface area (Å²) in [7, 11) is 0. The number of carbonyl (C=O) groups is 1. The fraction of sp³-hybridized carbons (Fsp3) is 0.294. The number of aliphatic carboxylic acids is 1. The number of likely N-dealkylation sites (tertiary alicyclic amines) is 1. The lowest BCUT2D eigenvalue weighted by Crippen LogP contribution is -2.22. The highest BCUT2D eigenvalue weighted by Crippen LogP contribution is 2.39. The molecular weight excluding hydrogens is 558 g/mol. The number of hydrogen-bond donors (Lipinski definition) is 2. The van der Waals surface area contributed by atoms with E-state index < -0.39 is 5.97 Å². The van der Waals surface area contributed by atoms with Gasteiger partial charge in [0.05, 0.1) is 17.2 Å². The molecule has 5 aromatic rings. The molecule has 2 aromatic heterocycles. The quantitative estimate of drug-likeness (QED) is 0.236. The number of nitrogens with one attached hydrogen (secondary N) is 1. The van der Waals surface area contributed by atoms with E-state index in [-0.39, 0.29) is 5.92 Å². The number of nitrogens with zero attached hydrogens (tertiary/aromatic N) is 4. The maximum atomic E-state index is 11.4. The molecule has 43 heavy (non-hydrogen) atoms. The van der Waals surface area contributed by atoms with E-state index in [4.69, 9.17) is 14.4 Å². The van der Waals surface area contributed by atoms with Gasteiger partial charge in [0.1, 0.15) is 16.6 Å². The second kappa shape index (κ2) is 11.0. The van der Waals surface area contributed by atoms with Gasteiger partial charge in [0.25, 0.3) is 0 Å². The summed E-state index contributed by atoms with van der Waals surface area (Å²) in [6.45, 7) is 7.90. The lowest BCUT2D eigenvalue weighted by Gasteiger charge is -2.15. The number of oxazole rings is 1. The van der Waals surface area contributed by atoms with E-state index in [0.717, 1.165) is 64.4 Å². The lowest BCUT2D eigenvalue weighted by molar-refractivity contribution is -0.141. The van der Waals surface area contributed by atoms with E-state index in [1.165, 1.54) is 16.1 Å². The summed E-state index contributed by atoms with van der Waals surface area (Å²) in [5.74, 6) is -0.624. The zero-order valence-corrected chi connectivity index (χ0v) is 24.9. The number of fused-ring (bicyclic) bond motifs is 2. The highest BCUT2D eigenvalue weighted by atomic mass is 32.1. The molecule has 0 spiro atoms. The third-order valence-corrected chi connectivity index (χ3v) is 9.85. The van der Waals surface area contributed by atoms with Crippen molar-refractivity contribution in [3.05, 3.63) is 81.4 Å². The Morgan fingerprint density at radius 3 is 2.58 bits per heavy atom. The number of nitriles is 1. The van der Waals surface area contributed by atoms with Crippen molar-refractivity contribution in [1.29, 1.82) is 5.26 Å². The van der Waals surface area contributed by atoms with E-state index in [1.54, 1.807) is 11.3 Å². The lowest BCUT2D eigenvalue weighted by atomic mass is 9.91. The summed E-state index contributed by atoms with van der Waals surface area (Å²) < 4.78 is 6.25. The molecule has 0 radical (unpaired) electrons. The van der Waals surface area contributed by atoms with Gasteiger partial charge in [0.2, 0.25) is 5.89 Å². The Balaban J connectivity index is 1.23. The minimum absolute atomic E-state index is 0.346. The zero-order valence-electron chi connectivity index (χ0n) is 24.1. The summed E-state index contributed by atoms with van der Waals surface area (Å²) in [6.07, 6.45) is 1.60. The fourth-order valence-electron chi connectivity index (χ4n) is 6.38. The smallest absolute Gasteiger partial charge is 0.307 e. The minimum atomic E-state index is -0.754. The minimum Gasteiger partial charge on any atom is -0.481 e. The topological polar surface area (TPSA) is 115 Å². The molecule has 0 unspecified atom stereocenters. The van der Waals surface area contributed by atoms with Gasteiger partial charge in [-0.2, -0.15) is 5.26 Å². The molecule has 9 heteroatoms. The van der Waals surface area contributed by atoms with Gasteiger partial charge < -0.3 is 14.8 Å². The summed E-state index contributed by atoms with van der Waals surface area (Å²) in [5, 5.41) is 23.8. The zero-order chi connectivity index (χ0) is 29.7. The number of aromatic nitrogens is 2. The van der Waals surface area contributed by atoms with Gasteiger partial charge in [0, 0.05) is 48.6 Å². The van der Waals surface area contributed by atoms with E-state index in [2.05, 4.69) is 54.4 Å². The average Bonchev–Trinajstić information content (AvgIpc) is 3.75. The van der Waals surface area contributed by atoms with Gasteiger partial charge >= 0.3 is 5.97 Å². The van der Waals surface area contributed by atoms with Crippen LogP contribution in [0, 0.1) is 31.1 Å². The van der Waals surface area contributed by atoms with Crippen LogP contribution < -0.4 is 5.32 Å². The van der Waals surface area contributed by atoms with Crippen LogP contribution in [0.2, 0.25) is 0 Å². The molecule has 0 bridgehead atoms. The number of carboxylic acids is 1. The van der Waals surface area contributed by atoms with E-state index >= 15 is 0 Å². The number of rotatable bonds is 6. The molecule has 1 fully saturated rings. The Labute approximate surface area is 253 Å². The van der Waals surface area contributed by atoms with Gasteiger partial charge in [0.15, 0.2) is 5.58 Å². The number of carboxylic acid groups (broad SMARTS) is 1. The van der Waals surface area contributed by atoms with Crippen LogP contribution in [-0.4, -0.2) is 45.6 Å². The van der Waals surface area contributed by atoms with Gasteiger partial charge in [-0.3, -0.25) is 9.69 Å². The molecule has 2 aliphatic heterocycles. The van der Waals surface area contributed by atoms with Crippen LogP contribution in [0.15, 0.2) is 52.9 Å². The maximum absolute atomic E-state index is 11.4. The predicted molar refractivity (Wildman–Crippen MR) is 167 cm³/mol. The molecule has 2 aliphatic rings. The molecule has 3 aromatic carbocycles. The van der Waals surface area contributed by atoms with Gasteiger partial charge in [-0.25, -0.2) is 9.97 Å². The number of thiazole rings is 1. The van der Waals surface area contributed by atoms with Crippen LogP contribution >= 0.6 is 11.3 Å². The summed E-state index contributed by atoms with van der Waals surface area (Å²) in [5.41, 5.74) is 10.2. The number of benzene rings is 3. The van der Waals surface area contributed by atoms with Crippen molar-refractivity contribution in [3.8, 4) is 39.2 Å². The van der Waals surface area contributed by atoms with Gasteiger partial charge in [-0.1, -0.05) is 30.3 Å². The number of hydrogen-bond acceptors (Lipinski definition) is 8. The summed E-state index contributed by atoms with van der Waals surface area (Å²) >= 11 is 1.77. The standard InChI is InChI=1S/C34H31N5O3S/c1-19-24(25-6-4-8-27(20(25)2)33-38-28-9-11-36-16-30(28)43-33)5-3-7-26(19)32-37-29-14-21(13-23(15-35)31(29)42-32)17-39-12-10-22(18-39)34(40)41/h3-8,13-14,22,36H,9-12,16-18H2,1-2H3,(H,40,41)/t22-/m0/s1. The van der Waals surface area contributed by atoms with E-state index in [9.17, 15) is 15.2 Å². The fourth-order valence-corrected chi connectivity index (χ4v) is 7.54. The molecule has 0 amide bonds. The van der Waals surface area contributed by atoms with Gasteiger partial charge in [-0.05, 0) is 72.8 Å². The van der Waals surface area contributed by atoms with Crippen molar-refractivity contribution < 1.29 is 14.3 Å². The van der Waals surface area contributed by atoms with E-state index in [1.807, 2.05) is 24.3 Å². The molecule has 7 rings (SSSR count). The van der Waals surface area contributed by atoms with E-state index in [0.29, 0.717) is 42.1 Å². The van der Waals surface area contributed by atoms with Gasteiger partial charge in [-0.15, -0.1) is 11.3 Å². The van der Waals surface area contributed by atoms with Crippen molar-refractivity contribution in [3.63, 3.8) is 0 Å². The van der Waals surface area contributed by atoms with Crippen LogP contribution in [0.25, 0.3) is 44.3 Å². The van der Waals surface area contributed by atoms with Crippen LogP contribution in [0.3, 0.4) is 0 Å². The molecule has 1 atom stereocenters. The van der Waals surface area contributed by atoms with Crippen LogP contribution in [0.4, 0.5) is 0 Å². The Morgan fingerprint density at radius 1 is 1.12 bits per heavy atom. The highest BCUT2D eigenvalue weighted by Gasteiger charge is 2.28. The molecule has 4 heterocycles. The molecular formula is C34H31N5O3S. The first-order valence-corrected chi connectivity index (χ1v) is 15.4. The predicted octanol–water partition coefficient (Wildman–Crippen LogP) is 6.33. The largest absolute Gasteiger partial charge is 0.481 e.